The molecule has 0 saturated heterocycles. The van der Waals surface area contributed by atoms with Crippen molar-refractivity contribution < 1.29 is 0 Å². The zero-order chi connectivity index (χ0) is 75.0. The number of nitrogens with zero attached hydrogens (tertiary/aromatic N) is 8. The van der Waals surface area contributed by atoms with Gasteiger partial charge in [0.1, 0.15) is 0 Å². The van der Waals surface area contributed by atoms with Crippen LogP contribution >= 0.6 is 0 Å². The highest BCUT2D eigenvalue weighted by molar-refractivity contribution is 6.08. The van der Waals surface area contributed by atoms with Gasteiger partial charge in [-0.05, 0) is 160 Å². The van der Waals surface area contributed by atoms with E-state index >= 15 is 0 Å². The number of pyridine rings is 2. The average molecular weight is 1430 g/mol. The Bertz CT molecular complexity index is 6860. The Morgan fingerprint density at radius 2 is 0.545 bits per heavy atom. The van der Waals surface area contributed by atoms with Gasteiger partial charge in [0.25, 0.3) is 0 Å². The summed E-state index contributed by atoms with van der Waals surface area (Å²) in [7, 11) is 0. The molecule has 0 N–H and O–H groups in total. The van der Waals surface area contributed by atoms with Crippen molar-refractivity contribution in [2.45, 2.75) is 38.5 Å². The summed E-state index contributed by atoms with van der Waals surface area (Å²) in [5.74, 6) is 3.79. The number of aromatic nitrogens is 8. The highest BCUT2D eigenvalue weighted by Gasteiger charge is 2.38. The van der Waals surface area contributed by atoms with Crippen molar-refractivity contribution in [3.8, 4) is 146 Å². The Balaban J connectivity index is 0.000000147. The van der Waals surface area contributed by atoms with Gasteiger partial charge in [0.05, 0.1) is 22.4 Å². The molecule has 0 atom stereocenters. The van der Waals surface area contributed by atoms with Crippen LogP contribution in [-0.2, 0) is 10.8 Å². The third-order valence-electron chi connectivity index (χ3n) is 22.6. The van der Waals surface area contributed by atoms with E-state index < -0.39 is 0 Å². The van der Waals surface area contributed by atoms with Crippen LogP contribution in [-0.4, -0.2) is 39.9 Å². The van der Waals surface area contributed by atoms with Gasteiger partial charge < -0.3 is 0 Å². The lowest BCUT2D eigenvalue weighted by atomic mass is 9.82. The molecule has 2 aliphatic carbocycles. The number of rotatable bonds is 11. The van der Waals surface area contributed by atoms with Crippen LogP contribution in [0.25, 0.3) is 190 Å². The number of hydrogen-bond acceptors (Lipinski definition) is 8. The lowest BCUT2D eigenvalue weighted by molar-refractivity contribution is 0.661. The van der Waals surface area contributed by atoms with E-state index in [0.717, 1.165) is 116 Å². The monoisotopic (exact) mass is 1430 g/mol. The van der Waals surface area contributed by atoms with Crippen molar-refractivity contribution in [1.82, 2.24) is 39.9 Å². The predicted octanol–water partition coefficient (Wildman–Crippen LogP) is 26.1. The average Bonchev–Trinajstić information content (AvgIpc) is 1.56. The topological polar surface area (TPSA) is 103 Å². The van der Waals surface area contributed by atoms with Gasteiger partial charge in [-0.1, -0.05) is 331 Å². The van der Waals surface area contributed by atoms with E-state index in [0.29, 0.717) is 34.9 Å². The van der Waals surface area contributed by atoms with Gasteiger partial charge in [0.15, 0.2) is 34.9 Å². The largest absolute Gasteiger partial charge is 0.248 e. The second-order valence-corrected chi connectivity index (χ2v) is 30.2. The van der Waals surface area contributed by atoms with Crippen molar-refractivity contribution in [2.24, 2.45) is 0 Å². The van der Waals surface area contributed by atoms with E-state index in [9.17, 15) is 0 Å². The molecule has 0 bridgehead atoms. The van der Waals surface area contributed by atoms with Gasteiger partial charge in [0.2, 0.25) is 0 Å². The molecule has 0 unspecified atom stereocenters. The molecule has 0 fully saturated rings. The molecule has 112 heavy (non-hydrogen) atoms. The Morgan fingerprint density at radius 1 is 0.170 bits per heavy atom. The van der Waals surface area contributed by atoms with Crippen LogP contribution in [0, 0.1) is 0 Å². The third kappa shape index (κ3) is 12.0. The summed E-state index contributed by atoms with van der Waals surface area (Å²) in [5.41, 5.74) is 28.7. The molecule has 0 radical (unpaired) electrons. The molecule has 0 aliphatic heterocycles. The van der Waals surface area contributed by atoms with Crippen LogP contribution in [0.4, 0.5) is 0 Å². The normalized spacial score (nSPS) is 12.8. The lowest BCUT2D eigenvalue weighted by Crippen LogP contribution is -2.14. The summed E-state index contributed by atoms with van der Waals surface area (Å²) in [4.78, 5) is 41.2. The second-order valence-electron chi connectivity index (χ2n) is 30.2. The Kier molecular flexibility index (Phi) is 16.4. The quantitative estimate of drug-likeness (QED) is 0.126. The molecule has 15 aromatic carbocycles. The van der Waals surface area contributed by atoms with Gasteiger partial charge in [-0.2, -0.15) is 0 Å². The van der Waals surface area contributed by atoms with E-state index in [4.69, 9.17) is 39.9 Å². The Labute approximate surface area is 650 Å². The van der Waals surface area contributed by atoms with Gasteiger partial charge in [0, 0.05) is 66.1 Å². The fraction of sp³-hybridized carbons (Fsp3) is 0.0577. The summed E-state index contributed by atoms with van der Waals surface area (Å²) in [6, 6.07) is 128. The van der Waals surface area contributed by atoms with E-state index in [1.807, 2.05) is 91.0 Å². The minimum absolute atomic E-state index is 0.122. The summed E-state index contributed by atoms with van der Waals surface area (Å²) in [6.07, 6.45) is 0. The predicted molar refractivity (Wildman–Crippen MR) is 460 cm³/mol. The van der Waals surface area contributed by atoms with E-state index in [-0.39, 0.29) is 10.8 Å². The Morgan fingerprint density at radius 3 is 1.10 bits per heavy atom. The first-order valence-corrected chi connectivity index (χ1v) is 38.2. The number of fused-ring (bicyclic) bond motifs is 10. The van der Waals surface area contributed by atoms with Gasteiger partial charge in [-0.3, -0.25) is 0 Å². The maximum Gasteiger partial charge on any atom is 0.164 e. The maximum absolute atomic E-state index is 5.54. The summed E-state index contributed by atoms with van der Waals surface area (Å²) in [6.45, 7) is 9.30. The standard InChI is InChI=1S/C55H38N4.C49H34N4/c1-55(2)48-28-15-14-27-42(48)46-32-47-45(39-24-16-23-38(31-39)35-17-6-3-7-18-35)33-50(56-51(47)34-49(46)55)43-29-30-44(41-26-13-12-25-40(41)43)54-58-52(36-19-8-4-9-20-36)57-53(59-54)37-21-10-5-11-22-37;1-49(2)42-23-12-11-22-38(42)40-28-41-39(32-15-5-3-6-16-32)29-44(50-45(41)30-43(40)49)35-20-13-21-36(27-35)47-51-46(33-17-7-4-8-18-33)52-48(53-47)37-25-24-31-14-9-10-19-34(31)26-37/h3-34H,1-2H3;3-30H,1-2H3. The van der Waals surface area contributed by atoms with Crippen LogP contribution in [0.3, 0.4) is 0 Å². The lowest BCUT2D eigenvalue weighted by Gasteiger charge is -2.22. The van der Waals surface area contributed by atoms with Crippen LogP contribution in [0.2, 0.25) is 0 Å². The van der Waals surface area contributed by atoms with Gasteiger partial charge in [-0.25, -0.2) is 39.9 Å². The van der Waals surface area contributed by atoms with E-state index in [1.165, 1.54) is 61.0 Å². The Hall–Kier alpha value is -14.3. The fourth-order valence-corrected chi connectivity index (χ4v) is 16.9. The highest BCUT2D eigenvalue weighted by atomic mass is 15.0. The minimum atomic E-state index is -0.152. The second kappa shape index (κ2) is 27.4. The molecular formula is C104H72N8. The van der Waals surface area contributed by atoms with Crippen LogP contribution < -0.4 is 0 Å². The molecule has 2 aliphatic rings. The molecule has 8 heteroatoms. The molecule has 0 amide bonds. The minimum Gasteiger partial charge on any atom is -0.248 e. The van der Waals surface area contributed by atoms with Crippen LogP contribution in [0.5, 0.6) is 0 Å². The summed E-state index contributed by atoms with van der Waals surface area (Å²) >= 11 is 0. The van der Waals surface area contributed by atoms with Crippen molar-refractivity contribution in [1.29, 1.82) is 0 Å². The molecule has 4 aromatic heterocycles. The van der Waals surface area contributed by atoms with Crippen LogP contribution in [0.15, 0.2) is 364 Å². The summed E-state index contributed by atoms with van der Waals surface area (Å²) < 4.78 is 0. The van der Waals surface area contributed by atoms with Crippen molar-refractivity contribution in [2.75, 3.05) is 0 Å². The maximum atomic E-state index is 5.54. The zero-order valence-electron chi connectivity index (χ0n) is 62.2. The molecular weight excluding hydrogens is 1360 g/mol. The first-order valence-electron chi connectivity index (χ1n) is 38.2. The molecule has 19 aromatic rings. The van der Waals surface area contributed by atoms with Gasteiger partial charge in [-0.15, -0.1) is 0 Å². The molecule has 4 heterocycles. The smallest absolute Gasteiger partial charge is 0.164 e. The van der Waals surface area contributed by atoms with E-state index in [1.54, 1.807) is 0 Å². The highest BCUT2D eigenvalue weighted by Crippen LogP contribution is 2.53. The molecule has 21 rings (SSSR count). The van der Waals surface area contributed by atoms with Crippen molar-refractivity contribution in [3.63, 3.8) is 0 Å². The van der Waals surface area contributed by atoms with Crippen molar-refractivity contribution in [3.05, 3.63) is 386 Å². The number of hydrogen-bond donors (Lipinski definition) is 0. The van der Waals surface area contributed by atoms with Crippen molar-refractivity contribution >= 4 is 43.4 Å². The zero-order valence-corrected chi connectivity index (χ0v) is 62.2. The molecule has 528 valence electrons. The van der Waals surface area contributed by atoms with Gasteiger partial charge >= 0.3 is 0 Å². The SMILES string of the molecule is CC1(C)c2ccccc2-c2cc3c(-c4cccc(-c5ccccc5)c4)cc(-c4ccc(-c5nc(-c6ccccc6)nc(-c6ccccc6)n5)c5ccccc45)nc3cc21.CC1(C)c2ccccc2-c2cc3c(-c4ccccc4)cc(-c4cccc(-c5nc(-c6ccccc6)nc(-c6ccc7ccccc7c6)n5)c4)nc3cc21. The molecule has 0 saturated carbocycles. The fourth-order valence-electron chi connectivity index (χ4n) is 16.9. The number of benzene rings is 15. The van der Waals surface area contributed by atoms with Crippen LogP contribution in [0.1, 0.15) is 49.9 Å². The molecule has 0 spiro atoms. The molecule has 8 nitrogen and oxygen atoms in total. The first-order chi connectivity index (χ1) is 55.0. The summed E-state index contributed by atoms with van der Waals surface area (Å²) in [5, 5.41) is 6.74. The third-order valence-corrected chi connectivity index (χ3v) is 22.6. The first kappa shape index (κ1) is 67.0. The van der Waals surface area contributed by atoms with E-state index in [2.05, 4.69) is 301 Å².